The fourth-order valence-corrected chi connectivity index (χ4v) is 2.73. The van der Waals surface area contributed by atoms with E-state index in [2.05, 4.69) is 0 Å². The van der Waals surface area contributed by atoms with Crippen LogP contribution in [0.5, 0.6) is 0 Å². The normalized spacial score (nSPS) is 16.5. The summed E-state index contributed by atoms with van der Waals surface area (Å²) in [5, 5.41) is 11.4. The van der Waals surface area contributed by atoms with Gasteiger partial charge in [0.05, 0.1) is 12.0 Å². The molecule has 1 aliphatic rings. The first-order valence-corrected chi connectivity index (χ1v) is 7.40. The topological polar surface area (TPSA) is 69.7 Å². The summed E-state index contributed by atoms with van der Waals surface area (Å²) < 4.78 is 5.26. The van der Waals surface area contributed by atoms with Crippen molar-refractivity contribution in [3.05, 3.63) is 71.3 Å². The van der Waals surface area contributed by atoms with Gasteiger partial charge in [-0.05, 0) is 23.1 Å². The minimum Gasteiger partial charge on any atom is -0.548 e. The lowest BCUT2D eigenvalue weighted by Crippen LogP contribution is -2.53. The van der Waals surface area contributed by atoms with E-state index in [0.29, 0.717) is 0 Å². The number of benzene rings is 2. The number of hydrogen-bond donors (Lipinski definition) is 0. The number of rotatable bonds is 3. The zero-order valence-electron chi connectivity index (χ0n) is 12.5. The van der Waals surface area contributed by atoms with Crippen molar-refractivity contribution in [3.8, 4) is 0 Å². The zero-order valence-corrected chi connectivity index (χ0v) is 12.5. The average molecular weight is 310 g/mol. The smallest absolute Gasteiger partial charge is 0.410 e. The third-order valence-corrected chi connectivity index (χ3v) is 3.96. The molecule has 0 saturated carbocycles. The zero-order chi connectivity index (χ0) is 16.2. The highest BCUT2D eigenvalue weighted by molar-refractivity contribution is 5.80. The van der Waals surface area contributed by atoms with Crippen LogP contribution in [0, 0.1) is 0 Å². The molecule has 5 nitrogen and oxygen atoms in total. The number of carboxylic acids is 1. The van der Waals surface area contributed by atoms with E-state index in [1.165, 1.54) is 4.90 Å². The molecule has 0 fully saturated rings. The Morgan fingerprint density at radius 1 is 1.04 bits per heavy atom. The number of hydrogen-bond acceptors (Lipinski definition) is 4. The summed E-state index contributed by atoms with van der Waals surface area (Å²) in [7, 11) is 0. The average Bonchev–Trinajstić information content (AvgIpc) is 2.59. The largest absolute Gasteiger partial charge is 0.548 e. The molecule has 0 unspecified atom stereocenters. The Labute approximate surface area is 134 Å². The molecule has 0 bridgehead atoms. The maximum absolute atomic E-state index is 12.3. The maximum Gasteiger partial charge on any atom is 0.410 e. The highest BCUT2D eigenvalue weighted by atomic mass is 16.6. The standard InChI is InChI=1S/C18H17NO4/c20-17(21)16-10-14-8-4-5-9-15(14)11-19(16)18(22)23-12-13-6-2-1-3-7-13/h1-9,16H,10-12H2,(H,20,21)/p-1/t16-/m0/s1. The van der Waals surface area contributed by atoms with Gasteiger partial charge in [-0.25, -0.2) is 4.79 Å². The molecule has 3 rings (SSSR count). The van der Waals surface area contributed by atoms with Crippen LogP contribution < -0.4 is 5.11 Å². The minimum atomic E-state index is -1.27. The lowest BCUT2D eigenvalue weighted by atomic mass is 9.94. The Bertz CT molecular complexity index is 714. The molecule has 2 aromatic carbocycles. The molecule has 0 radical (unpaired) electrons. The van der Waals surface area contributed by atoms with Gasteiger partial charge in [-0.2, -0.15) is 0 Å². The number of ether oxygens (including phenoxy) is 1. The number of carboxylic acid groups (broad SMARTS) is 1. The molecule has 1 heterocycles. The van der Waals surface area contributed by atoms with Crippen molar-refractivity contribution in [2.24, 2.45) is 0 Å². The summed E-state index contributed by atoms with van der Waals surface area (Å²) in [5.74, 6) is -1.27. The van der Waals surface area contributed by atoms with Crippen molar-refractivity contribution in [2.45, 2.75) is 25.6 Å². The van der Waals surface area contributed by atoms with E-state index < -0.39 is 18.1 Å². The van der Waals surface area contributed by atoms with E-state index in [0.717, 1.165) is 16.7 Å². The van der Waals surface area contributed by atoms with Gasteiger partial charge in [-0.15, -0.1) is 0 Å². The Kier molecular flexibility index (Phi) is 4.28. The summed E-state index contributed by atoms with van der Waals surface area (Å²) in [6, 6.07) is 15.7. The van der Waals surface area contributed by atoms with E-state index in [9.17, 15) is 14.7 Å². The third-order valence-electron chi connectivity index (χ3n) is 3.96. The van der Waals surface area contributed by atoms with Gasteiger partial charge in [-0.1, -0.05) is 54.6 Å². The molecule has 0 aromatic heterocycles. The lowest BCUT2D eigenvalue weighted by Gasteiger charge is -2.36. The second-order valence-corrected chi connectivity index (χ2v) is 5.48. The fraction of sp³-hybridized carbons (Fsp3) is 0.222. The van der Waals surface area contributed by atoms with E-state index in [-0.39, 0.29) is 19.6 Å². The van der Waals surface area contributed by atoms with Crippen LogP contribution in [0.2, 0.25) is 0 Å². The fourth-order valence-electron chi connectivity index (χ4n) is 2.73. The van der Waals surface area contributed by atoms with Crippen LogP contribution in [0.15, 0.2) is 54.6 Å². The Balaban J connectivity index is 1.74. The quantitative estimate of drug-likeness (QED) is 0.861. The van der Waals surface area contributed by atoms with Crippen molar-refractivity contribution >= 4 is 12.1 Å². The van der Waals surface area contributed by atoms with Crippen molar-refractivity contribution in [3.63, 3.8) is 0 Å². The first-order chi connectivity index (χ1) is 11.1. The molecule has 0 aliphatic carbocycles. The van der Waals surface area contributed by atoms with Crippen LogP contribution in [0.4, 0.5) is 4.79 Å². The molecular weight excluding hydrogens is 294 g/mol. The van der Waals surface area contributed by atoms with Gasteiger partial charge in [-0.3, -0.25) is 4.90 Å². The van der Waals surface area contributed by atoms with Gasteiger partial charge >= 0.3 is 6.09 Å². The predicted molar refractivity (Wildman–Crippen MR) is 81.1 cm³/mol. The molecule has 1 amide bonds. The molecule has 1 aliphatic heterocycles. The van der Waals surface area contributed by atoms with Crippen LogP contribution in [-0.4, -0.2) is 23.0 Å². The minimum absolute atomic E-state index is 0.109. The number of fused-ring (bicyclic) bond motifs is 1. The lowest BCUT2D eigenvalue weighted by molar-refractivity contribution is -0.311. The van der Waals surface area contributed by atoms with Gasteiger partial charge < -0.3 is 14.6 Å². The number of amides is 1. The second kappa shape index (κ2) is 6.52. The SMILES string of the molecule is O=C([O-])[C@@H]1Cc2ccccc2CN1C(=O)OCc1ccccc1. The Hall–Kier alpha value is -2.82. The highest BCUT2D eigenvalue weighted by Gasteiger charge is 2.31. The van der Waals surface area contributed by atoms with E-state index >= 15 is 0 Å². The molecule has 0 N–H and O–H groups in total. The van der Waals surface area contributed by atoms with Gasteiger partial charge in [0.2, 0.25) is 0 Å². The van der Waals surface area contributed by atoms with Gasteiger partial charge in [0.25, 0.3) is 0 Å². The second-order valence-electron chi connectivity index (χ2n) is 5.48. The summed E-state index contributed by atoms with van der Waals surface area (Å²) in [6.07, 6.45) is -0.406. The van der Waals surface area contributed by atoms with Crippen LogP contribution in [0.1, 0.15) is 16.7 Å². The van der Waals surface area contributed by atoms with Gasteiger partial charge in [0, 0.05) is 6.54 Å². The number of carbonyl (C=O) groups is 2. The van der Waals surface area contributed by atoms with E-state index in [4.69, 9.17) is 4.74 Å². The number of nitrogens with zero attached hydrogens (tertiary/aromatic N) is 1. The van der Waals surface area contributed by atoms with Crippen LogP contribution in [-0.2, 0) is 29.1 Å². The molecule has 23 heavy (non-hydrogen) atoms. The summed E-state index contributed by atoms with van der Waals surface area (Å²) in [4.78, 5) is 24.9. The molecule has 5 heteroatoms. The number of carbonyl (C=O) groups excluding carboxylic acids is 2. The van der Waals surface area contributed by atoms with Crippen molar-refractivity contribution in [1.29, 1.82) is 0 Å². The molecule has 118 valence electrons. The Morgan fingerprint density at radius 3 is 2.39 bits per heavy atom. The first kappa shape index (κ1) is 15.1. The van der Waals surface area contributed by atoms with Crippen molar-refractivity contribution < 1.29 is 19.4 Å². The highest BCUT2D eigenvalue weighted by Crippen LogP contribution is 2.24. The molecule has 1 atom stereocenters. The van der Waals surface area contributed by atoms with E-state index in [1.807, 2.05) is 54.6 Å². The third kappa shape index (κ3) is 3.34. The monoisotopic (exact) mass is 310 g/mol. The van der Waals surface area contributed by atoms with Crippen LogP contribution in [0.3, 0.4) is 0 Å². The van der Waals surface area contributed by atoms with Crippen molar-refractivity contribution in [1.82, 2.24) is 4.90 Å². The molecule has 0 spiro atoms. The summed E-state index contributed by atoms with van der Waals surface area (Å²) in [5.41, 5.74) is 2.71. The maximum atomic E-state index is 12.3. The number of aliphatic carboxylic acids is 1. The van der Waals surface area contributed by atoms with Gasteiger partial charge in [0.1, 0.15) is 6.61 Å². The molecule has 2 aromatic rings. The molecule has 0 saturated heterocycles. The predicted octanol–water partition coefficient (Wildman–Crippen LogP) is 1.50. The summed E-state index contributed by atoms with van der Waals surface area (Å²) >= 11 is 0. The first-order valence-electron chi connectivity index (χ1n) is 7.40. The molecular formula is C18H16NO4-. The van der Waals surface area contributed by atoms with Crippen molar-refractivity contribution in [2.75, 3.05) is 0 Å². The Morgan fingerprint density at radius 2 is 1.70 bits per heavy atom. The van der Waals surface area contributed by atoms with Crippen LogP contribution >= 0.6 is 0 Å². The summed E-state index contributed by atoms with van der Waals surface area (Å²) in [6.45, 7) is 0.319. The van der Waals surface area contributed by atoms with Gasteiger partial charge in [0.15, 0.2) is 0 Å². The van der Waals surface area contributed by atoms with Crippen LogP contribution in [0.25, 0.3) is 0 Å². The van der Waals surface area contributed by atoms with E-state index in [1.54, 1.807) is 0 Å².